The van der Waals surface area contributed by atoms with Crippen LogP contribution in [0.2, 0.25) is 0 Å². The molecular formula is C24H20O6. The van der Waals surface area contributed by atoms with Crippen LogP contribution in [0.25, 0.3) is 22.3 Å². The van der Waals surface area contributed by atoms with E-state index in [1.807, 2.05) is 51.1 Å². The summed E-state index contributed by atoms with van der Waals surface area (Å²) in [4.78, 5) is 24.3. The zero-order valence-electron chi connectivity index (χ0n) is 16.8. The third-order valence-corrected chi connectivity index (χ3v) is 5.01. The van der Waals surface area contributed by atoms with E-state index >= 15 is 0 Å². The number of furan rings is 1. The van der Waals surface area contributed by atoms with Crippen molar-refractivity contribution in [2.75, 3.05) is 0 Å². The van der Waals surface area contributed by atoms with E-state index in [0.717, 1.165) is 16.7 Å². The van der Waals surface area contributed by atoms with E-state index in [9.17, 15) is 9.59 Å². The van der Waals surface area contributed by atoms with Crippen molar-refractivity contribution in [1.29, 1.82) is 0 Å². The van der Waals surface area contributed by atoms with Gasteiger partial charge in [0.05, 0.1) is 5.39 Å². The van der Waals surface area contributed by atoms with Crippen molar-refractivity contribution in [3.8, 4) is 17.1 Å². The summed E-state index contributed by atoms with van der Waals surface area (Å²) in [5.74, 6) is -0.688. The molecule has 1 N–H and O–H groups in total. The monoisotopic (exact) mass is 404 g/mol. The topological polar surface area (TPSA) is 89.9 Å². The standard InChI is InChI=1S/C24H20O6/c1-13-4-6-16(7-5-13)22-23(28-12-17-8-9-19(29-17)24(26)27)21(25)18-10-14(2)15(3)11-20(18)30-22/h4-11H,12H2,1-3H3,(H,26,27). The summed E-state index contributed by atoms with van der Waals surface area (Å²) in [5, 5.41) is 9.44. The predicted molar refractivity (Wildman–Crippen MR) is 112 cm³/mol. The molecule has 0 amide bonds. The number of fused-ring (bicyclic) bond motifs is 1. The Hall–Kier alpha value is -3.80. The lowest BCUT2D eigenvalue weighted by Crippen LogP contribution is -2.10. The Morgan fingerprint density at radius 2 is 1.67 bits per heavy atom. The predicted octanol–water partition coefficient (Wildman–Crippen LogP) is 5.26. The first kappa shape index (κ1) is 19.5. The molecule has 0 bridgehead atoms. The minimum atomic E-state index is -1.17. The Balaban J connectivity index is 1.84. The van der Waals surface area contributed by atoms with Gasteiger partial charge in [-0.25, -0.2) is 4.79 Å². The molecule has 0 atom stereocenters. The van der Waals surface area contributed by atoms with Gasteiger partial charge in [-0.3, -0.25) is 4.79 Å². The lowest BCUT2D eigenvalue weighted by Gasteiger charge is -2.12. The van der Waals surface area contributed by atoms with Crippen molar-refractivity contribution < 1.29 is 23.5 Å². The molecule has 4 rings (SSSR count). The largest absolute Gasteiger partial charge is 0.478 e. The van der Waals surface area contributed by atoms with E-state index in [0.29, 0.717) is 28.1 Å². The molecule has 2 aromatic heterocycles. The molecule has 0 fully saturated rings. The highest BCUT2D eigenvalue weighted by Crippen LogP contribution is 2.32. The first-order chi connectivity index (χ1) is 14.3. The molecule has 30 heavy (non-hydrogen) atoms. The van der Waals surface area contributed by atoms with E-state index in [1.54, 1.807) is 6.07 Å². The third kappa shape index (κ3) is 3.59. The minimum absolute atomic E-state index is 0.0582. The van der Waals surface area contributed by atoms with Crippen molar-refractivity contribution in [1.82, 2.24) is 0 Å². The molecule has 0 saturated heterocycles. The van der Waals surface area contributed by atoms with Gasteiger partial charge in [0.2, 0.25) is 16.9 Å². The number of benzene rings is 2. The van der Waals surface area contributed by atoms with Crippen LogP contribution in [0.1, 0.15) is 33.0 Å². The fourth-order valence-corrected chi connectivity index (χ4v) is 3.17. The van der Waals surface area contributed by atoms with Crippen LogP contribution >= 0.6 is 0 Å². The summed E-state index contributed by atoms with van der Waals surface area (Å²) in [7, 11) is 0. The van der Waals surface area contributed by atoms with Crippen LogP contribution in [0.15, 0.2) is 62.2 Å². The molecule has 0 spiro atoms. The molecule has 0 aliphatic rings. The number of aryl methyl sites for hydroxylation is 3. The van der Waals surface area contributed by atoms with Crippen LogP contribution in [0.4, 0.5) is 0 Å². The summed E-state index contributed by atoms with van der Waals surface area (Å²) >= 11 is 0. The van der Waals surface area contributed by atoms with Gasteiger partial charge in [-0.2, -0.15) is 0 Å². The average molecular weight is 404 g/mol. The third-order valence-electron chi connectivity index (χ3n) is 5.01. The number of carbonyl (C=O) groups is 1. The lowest BCUT2D eigenvalue weighted by atomic mass is 10.0. The summed E-state index contributed by atoms with van der Waals surface area (Å²) in [6.45, 7) is 5.76. The van der Waals surface area contributed by atoms with E-state index in [4.69, 9.17) is 18.7 Å². The van der Waals surface area contributed by atoms with E-state index in [1.165, 1.54) is 12.1 Å². The van der Waals surface area contributed by atoms with Crippen molar-refractivity contribution in [3.63, 3.8) is 0 Å². The van der Waals surface area contributed by atoms with Crippen molar-refractivity contribution in [3.05, 3.63) is 87.0 Å². The maximum Gasteiger partial charge on any atom is 0.371 e. The van der Waals surface area contributed by atoms with Gasteiger partial charge in [0.1, 0.15) is 18.0 Å². The first-order valence-electron chi connectivity index (χ1n) is 9.43. The molecule has 0 aliphatic carbocycles. The van der Waals surface area contributed by atoms with E-state index in [-0.39, 0.29) is 23.5 Å². The maximum atomic E-state index is 13.3. The summed E-state index contributed by atoms with van der Waals surface area (Å²) in [6, 6.07) is 14.1. The molecule has 4 aromatic rings. The SMILES string of the molecule is Cc1ccc(-c2oc3cc(C)c(C)cc3c(=O)c2OCc2ccc(C(=O)O)o2)cc1. The smallest absolute Gasteiger partial charge is 0.371 e. The van der Waals surface area contributed by atoms with Gasteiger partial charge in [0.15, 0.2) is 5.76 Å². The normalized spacial score (nSPS) is 11.0. The zero-order valence-corrected chi connectivity index (χ0v) is 16.8. The molecule has 152 valence electrons. The Bertz CT molecular complexity index is 1310. The van der Waals surface area contributed by atoms with Gasteiger partial charge in [0, 0.05) is 5.56 Å². The number of aromatic carboxylic acids is 1. The van der Waals surface area contributed by atoms with Crippen molar-refractivity contribution in [2.24, 2.45) is 0 Å². The Morgan fingerprint density at radius 3 is 2.33 bits per heavy atom. The summed E-state index contributed by atoms with van der Waals surface area (Å²) in [6.07, 6.45) is 0. The Kier molecular flexibility index (Phi) is 4.91. The van der Waals surface area contributed by atoms with E-state index in [2.05, 4.69) is 0 Å². The van der Waals surface area contributed by atoms with Gasteiger partial charge in [-0.1, -0.05) is 29.8 Å². The fourth-order valence-electron chi connectivity index (χ4n) is 3.17. The van der Waals surface area contributed by atoms with Gasteiger partial charge in [-0.15, -0.1) is 0 Å². The second-order valence-electron chi connectivity index (χ2n) is 7.25. The second kappa shape index (κ2) is 7.55. The quantitative estimate of drug-likeness (QED) is 0.488. The number of hydrogen-bond acceptors (Lipinski definition) is 5. The molecule has 6 heteroatoms. The second-order valence-corrected chi connectivity index (χ2v) is 7.25. The molecule has 0 unspecified atom stereocenters. The molecule has 2 aromatic carbocycles. The summed E-state index contributed by atoms with van der Waals surface area (Å²) < 4.78 is 17.2. The van der Waals surface area contributed by atoms with Gasteiger partial charge < -0.3 is 18.7 Å². The maximum absolute atomic E-state index is 13.3. The van der Waals surface area contributed by atoms with Crippen LogP contribution in [-0.4, -0.2) is 11.1 Å². The first-order valence-corrected chi connectivity index (χ1v) is 9.43. The Labute approximate surface area is 172 Å². The average Bonchev–Trinajstić information content (AvgIpc) is 3.19. The number of hydrogen-bond donors (Lipinski definition) is 1. The summed E-state index contributed by atoms with van der Waals surface area (Å²) in [5.41, 5.74) is 3.97. The molecule has 6 nitrogen and oxygen atoms in total. The molecule has 0 radical (unpaired) electrons. The van der Waals surface area contributed by atoms with Crippen molar-refractivity contribution in [2.45, 2.75) is 27.4 Å². The minimum Gasteiger partial charge on any atom is -0.478 e. The van der Waals surface area contributed by atoms with Crippen LogP contribution < -0.4 is 10.2 Å². The van der Waals surface area contributed by atoms with Crippen LogP contribution in [-0.2, 0) is 6.61 Å². The molecule has 0 saturated carbocycles. The number of ether oxygens (including phenoxy) is 1. The van der Waals surface area contributed by atoms with Crippen molar-refractivity contribution >= 4 is 16.9 Å². The fraction of sp³-hybridized carbons (Fsp3) is 0.167. The Morgan fingerprint density at radius 1 is 0.967 bits per heavy atom. The van der Waals surface area contributed by atoms with E-state index < -0.39 is 5.97 Å². The van der Waals surface area contributed by atoms with Crippen LogP contribution in [0.5, 0.6) is 5.75 Å². The highest BCUT2D eigenvalue weighted by molar-refractivity contribution is 5.84. The number of rotatable bonds is 5. The molecule has 2 heterocycles. The van der Waals surface area contributed by atoms with Gasteiger partial charge >= 0.3 is 5.97 Å². The van der Waals surface area contributed by atoms with Crippen LogP contribution in [0, 0.1) is 20.8 Å². The number of carboxylic acids is 1. The van der Waals surface area contributed by atoms with Gasteiger partial charge in [-0.05, 0) is 56.2 Å². The molecular weight excluding hydrogens is 384 g/mol. The van der Waals surface area contributed by atoms with Crippen LogP contribution in [0.3, 0.4) is 0 Å². The lowest BCUT2D eigenvalue weighted by molar-refractivity contribution is 0.0658. The zero-order chi connectivity index (χ0) is 21.4. The highest BCUT2D eigenvalue weighted by atomic mass is 16.5. The molecule has 0 aliphatic heterocycles. The highest BCUT2D eigenvalue weighted by Gasteiger charge is 2.19. The number of carboxylic acid groups (broad SMARTS) is 1. The van der Waals surface area contributed by atoms with Gasteiger partial charge in [0.25, 0.3) is 0 Å².